The molecule has 0 spiro atoms. The molecule has 1 aliphatic rings. The van der Waals surface area contributed by atoms with E-state index in [1.807, 2.05) is 0 Å². The number of nitrogens with two attached hydrogens (primary N) is 1. The molecule has 4 rings (SSSR count). The average Bonchev–Trinajstić information content (AvgIpc) is 3.27. The molecule has 0 aliphatic carbocycles. The summed E-state index contributed by atoms with van der Waals surface area (Å²) in [6.45, 7) is 4.70. The van der Waals surface area contributed by atoms with E-state index in [0.29, 0.717) is 35.7 Å². The minimum absolute atomic E-state index is 0.0665. The lowest BCUT2D eigenvalue weighted by atomic mass is 10.1. The van der Waals surface area contributed by atoms with Crippen LogP contribution in [0.2, 0.25) is 0 Å². The number of hydrogen-bond acceptors (Lipinski definition) is 4. The van der Waals surface area contributed by atoms with Gasteiger partial charge in [0.1, 0.15) is 11.4 Å². The molecule has 1 aromatic heterocycles. The Labute approximate surface area is 184 Å². The maximum absolute atomic E-state index is 13.8. The Balaban J connectivity index is 1.59. The predicted molar refractivity (Wildman–Crippen MR) is 118 cm³/mol. The summed E-state index contributed by atoms with van der Waals surface area (Å²) in [5, 5.41) is 4.62. The molecule has 1 unspecified atom stereocenters. The van der Waals surface area contributed by atoms with Crippen LogP contribution in [-0.2, 0) is 4.79 Å². The van der Waals surface area contributed by atoms with Gasteiger partial charge in [0.25, 0.3) is 5.91 Å². The molecule has 1 aliphatic heterocycles. The quantitative estimate of drug-likeness (QED) is 0.595. The van der Waals surface area contributed by atoms with Crippen LogP contribution in [0.4, 0.5) is 4.39 Å². The normalized spacial score (nSPS) is 15.9. The summed E-state index contributed by atoms with van der Waals surface area (Å²) in [6, 6.07) is 12.9. The third-order valence-electron chi connectivity index (χ3n) is 5.45. The van der Waals surface area contributed by atoms with Crippen molar-refractivity contribution in [2.24, 2.45) is 5.73 Å². The van der Waals surface area contributed by atoms with Crippen molar-refractivity contribution in [2.45, 2.75) is 18.9 Å². The average molecular weight is 434 g/mol. The highest BCUT2D eigenvalue weighted by Crippen LogP contribution is 2.30. The molecule has 3 aromatic rings. The first kappa shape index (κ1) is 21.3. The van der Waals surface area contributed by atoms with E-state index >= 15 is 0 Å². The first-order chi connectivity index (χ1) is 15.5. The van der Waals surface area contributed by atoms with E-state index in [1.54, 1.807) is 58.2 Å². The van der Waals surface area contributed by atoms with Gasteiger partial charge < -0.3 is 15.4 Å². The van der Waals surface area contributed by atoms with Crippen LogP contribution in [0.3, 0.4) is 0 Å². The highest BCUT2D eigenvalue weighted by molar-refractivity contribution is 5.98. The van der Waals surface area contributed by atoms with Crippen molar-refractivity contribution in [1.29, 1.82) is 0 Å². The first-order valence-corrected chi connectivity index (χ1v) is 10.3. The number of ether oxygens (including phenoxy) is 1. The third-order valence-corrected chi connectivity index (χ3v) is 5.45. The van der Waals surface area contributed by atoms with E-state index in [9.17, 15) is 14.0 Å². The zero-order chi connectivity index (χ0) is 22.7. The number of hydrogen-bond donors (Lipinski definition) is 1. The van der Waals surface area contributed by atoms with Gasteiger partial charge in [-0.2, -0.15) is 5.10 Å². The molecular weight excluding hydrogens is 411 g/mol. The van der Waals surface area contributed by atoms with Gasteiger partial charge >= 0.3 is 0 Å². The number of nitrogens with zero attached hydrogens (tertiary/aromatic N) is 3. The number of rotatable bonds is 6. The molecule has 1 atom stereocenters. The maximum atomic E-state index is 13.8. The lowest BCUT2D eigenvalue weighted by molar-refractivity contribution is -0.127. The van der Waals surface area contributed by atoms with Crippen LogP contribution in [0.1, 0.15) is 29.2 Å². The molecule has 2 amide bonds. The Kier molecular flexibility index (Phi) is 6.02. The van der Waals surface area contributed by atoms with Crippen molar-refractivity contribution in [1.82, 2.24) is 14.7 Å². The smallest absolute Gasteiger partial charge is 0.252 e. The number of benzene rings is 2. The van der Waals surface area contributed by atoms with E-state index in [4.69, 9.17) is 10.5 Å². The van der Waals surface area contributed by atoms with Crippen LogP contribution < -0.4 is 10.5 Å². The summed E-state index contributed by atoms with van der Waals surface area (Å²) in [6.07, 6.45) is 4.59. The highest BCUT2D eigenvalue weighted by Gasteiger charge is 2.26. The molecule has 32 heavy (non-hydrogen) atoms. The Morgan fingerprint density at radius 1 is 1.19 bits per heavy atom. The molecule has 1 fully saturated rings. The fourth-order valence-corrected chi connectivity index (χ4v) is 3.81. The van der Waals surface area contributed by atoms with Gasteiger partial charge in [-0.1, -0.05) is 18.7 Å². The van der Waals surface area contributed by atoms with Gasteiger partial charge in [0.2, 0.25) is 5.91 Å². The SMILES string of the molecule is C=CC(=O)N1CCCC(n2cc(C(N)=O)c(-c3ccc(Oc4ccccc4F)cc3)n2)C1. The van der Waals surface area contributed by atoms with Crippen molar-refractivity contribution < 1.29 is 18.7 Å². The number of likely N-dealkylation sites (tertiary alicyclic amines) is 1. The number of aromatic nitrogens is 2. The molecule has 2 heterocycles. The zero-order valence-electron chi connectivity index (χ0n) is 17.4. The second kappa shape index (κ2) is 9.05. The van der Waals surface area contributed by atoms with Gasteiger partial charge in [-0.15, -0.1) is 0 Å². The lowest BCUT2D eigenvalue weighted by Crippen LogP contribution is -2.40. The van der Waals surface area contributed by atoms with Crippen LogP contribution in [0, 0.1) is 5.82 Å². The zero-order valence-corrected chi connectivity index (χ0v) is 17.4. The van der Waals surface area contributed by atoms with E-state index in [2.05, 4.69) is 11.7 Å². The predicted octanol–water partition coefficient (Wildman–Crippen LogP) is 3.93. The van der Waals surface area contributed by atoms with Gasteiger partial charge in [-0.25, -0.2) is 4.39 Å². The van der Waals surface area contributed by atoms with Crippen molar-refractivity contribution in [3.8, 4) is 22.8 Å². The number of halogens is 1. The third kappa shape index (κ3) is 4.39. The minimum atomic E-state index is -0.590. The topological polar surface area (TPSA) is 90.5 Å². The number of amides is 2. The van der Waals surface area contributed by atoms with Gasteiger partial charge in [0, 0.05) is 24.8 Å². The number of para-hydroxylation sites is 1. The van der Waals surface area contributed by atoms with Crippen LogP contribution in [0.25, 0.3) is 11.3 Å². The van der Waals surface area contributed by atoms with E-state index in [1.165, 1.54) is 12.1 Å². The molecule has 0 bridgehead atoms. The van der Waals surface area contributed by atoms with Gasteiger partial charge in [0.05, 0.1) is 11.6 Å². The standard InChI is InChI=1S/C24H23FN4O3/c1-2-22(30)28-13-5-6-17(14-28)29-15-19(24(26)31)23(27-29)16-9-11-18(12-10-16)32-21-8-4-3-7-20(21)25/h2-4,7-12,15,17H,1,5-6,13-14H2,(H2,26,31). The molecule has 0 radical (unpaired) electrons. The summed E-state index contributed by atoms with van der Waals surface area (Å²) in [5.41, 5.74) is 7.02. The van der Waals surface area contributed by atoms with E-state index in [0.717, 1.165) is 12.8 Å². The fourth-order valence-electron chi connectivity index (χ4n) is 3.81. The summed E-state index contributed by atoms with van der Waals surface area (Å²) in [4.78, 5) is 25.8. The van der Waals surface area contributed by atoms with E-state index < -0.39 is 11.7 Å². The Morgan fingerprint density at radius 3 is 2.62 bits per heavy atom. The molecule has 164 valence electrons. The number of carbonyl (C=O) groups is 2. The van der Waals surface area contributed by atoms with Gasteiger partial charge in [-0.3, -0.25) is 14.3 Å². The van der Waals surface area contributed by atoms with Crippen molar-refractivity contribution >= 4 is 11.8 Å². The van der Waals surface area contributed by atoms with Crippen molar-refractivity contribution in [2.75, 3.05) is 13.1 Å². The van der Waals surface area contributed by atoms with Crippen molar-refractivity contribution in [3.05, 3.63) is 78.8 Å². The lowest BCUT2D eigenvalue weighted by Gasteiger charge is -2.32. The Morgan fingerprint density at radius 2 is 1.94 bits per heavy atom. The highest BCUT2D eigenvalue weighted by atomic mass is 19.1. The summed E-state index contributed by atoms with van der Waals surface area (Å²) >= 11 is 0. The summed E-state index contributed by atoms with van der Waals surface area (Å²) in [5.74, 6) is -0.596. The second-order valence-corrected chi connectivity index (χ2v) is 7.58. The Bertz CT molecular complexity index is 1160. The molecule has 0 saturated carbocycles. The molecule has 2 N–H and O–H groups in total. The van der Waals surface area contributed by atoms with Gasteiger partial charge in [-0.05, 0) is 55.3 Å². The number of carbonyl (C=O) groups excluding carboxylic acids is 2. The van der Waals surface area contributed by atoms with Crippen molar-refractivity contribution in [3.63, 3.8) is 0 Å². The second-order valence-electron chi connectivity index (χ2n) is 7.58. The summed E-state index contributed by atoms with van der Waals surface area (Å²) in [7, 11) is 0. The molecule has 8 heteroatoms. The Hall–Kier alpha value is -3.94. The van der Waals surface area contributed by atoms with Gasteiger partial charge in [0.15, 0.2) is 11.6 Å². The first-order valence-electron chi connectivity index (χ1n) is 10.3. The molecular formula is C24H23FN4O3. The summed E-state index contributed by atoms with van der Waals surface area (Å²) < 4.78 is 21.1. The van der Waals surface area contributed by atoms with E-state index in [-0.39, 0.29) is 17.7 Å². The maximum Gasteiger partial charge on any atom is 0.252 e. The molecule has 2 aromatic carbocycles. The molecule has 1 saturated heterocycles. The monoisotopic (exact) mass is 434 g/mol. The van der Waals surface area contributed by atoms with Crippen LogP contribution >= 0.6 is 0 Å². The minimum Gasteiger partial charge on any atom is -0.454 e. The number of primary amides is 1. The molecule has 7 nitrogen and oxygen atoms in total. The fraction of sp³-hybridized carbons (Fsp3) is 0.208. The number of piperidine rings is 1. The van der Waals surface area contributed by atoms with Crippen LogP contribution in [0.15, 0.2) is 67.4 Å². The van der Waals surface area contributed by atoms with Crippen LogP contribution in [0.5, 0.6) is 11.5 Å². The largest absolute Gasteiger partial charge is 0.454 e. The van der Waals surface area contributed by atoms with Crippen LogP contribution in [-0.4, -0.2) is 39.6 Å².